The van der Waals surface area contributed by atoms with Crippen LogP contribution in [0.2, 0.25) is 0 Å². The number of amides is 1. The second kappa shape index (κ2) is 6.55. The van der Waals surface area contributed by atoms with Gasteiger partial charge in [-0.3, -0.25) is 9.59 Å². The van der Waals surface area contributed by atoms with Crippen molar-refractivity contribution in [2.75, 3.05) is 45.1 Å². The van der Waals surface area contributed by atoms with E-state index >= 15 is 0 Å². The summed E-state index contributed by atoms with van der Waals surface area (Å²) >= 11 is 0. The number of nitrogens with zero attached hydrogens (tertiary/aromatic N) is 2. The lowest BCUT2D eigenvalue weighted by atomic mass is 9.63. The van der Waals surface area contributed by atoms with Crippen molar-refractivity contribution in [1.29, 1.82) is 0 Å². The first kappa shape index (κ1) is 18.7. The smallest absolute Gasteiger partial charge is 0.322 e. The van der Waals surface area contributed by atoms with Gasteiger partial charge in [-0.25, -0.2) is 0 Å². The van der Waals surface area contributed by atoms with Crippen LogP contribution in [0.25, 0.3) is 0 Å². The van der Waals surface area contributed by atoms with E-state index in [1.807, 2.05) is 20.9 Å². The third-order valence-corrected chi connectivity index (χ3v) is 5.56. The number of hydrogen-bond donors (Lipinski definition) is 3. The lowest BCUT2D eigenvalue weighted by molar-refractivity contribution is -0.161. The van der Waals surface area contributed by atoms with Crippen LogP contribution in [0.15, 0.2) is 24.3 Å². The fourth-order valence-electron chi connectivity index (χ4n) is 4.81. The highest BCUT2D eigenvalue weighted by Crippen LogP contribution is 2.45. The molecule has 142 valence electrons. The van der Waals surface area contributed by atoms with Crippen LogP contribution < -0.4 is 5.32 Å². The number of piperidine rings is 2. The average molecular weight is 361 g/mol. The van der Waals surface area contributed by atoms with Crippen molar-refractivity contribution >= 4 is 17.6 Å². The van der Waals surface area contributed by atoms with E-state index in [4.69, 9.17) is 5.11 Å². The second-order valence-electron chi connectivity index (χ2n) is 8.34. The molecule has 2 aliphatic rings. The van der Waals surface area contributed by atoms with Crippen LogP contribution in [0.4, 0.5) is 5.69 Å². The van der Waals surface area contributed by atoms with Crippen LogP contribution in [0, 0.1) is 10.8 Å². The fraction of sp³-hybridized carbons (Fsp3) is 0.579. The highest BCUT2D eigenvalue weighted by Gasteiger charge is 2.55. The summed E-state index contributed by atoms with van der Waals surface area (Å²) in [4.78, 5) is 28.1. The fourth-order valence-corrected chi connectivity index (χ4v) is 4.81. The van der Waals surface area contributed by atoms with E-state index < -0.39 is 12.1 Å². The molecule has 3 N–H and O–H groups in total. The van der Waals surface area contributed by atoms with E-state index in [-0.39, 0.29) is 23.3 Å². The number of para-hydroxylation sites is 1. The Balaban J connectivity index is 1.87. The van der Waals surface area contributed by atoms with Gasteiger partial charge in [0, 0.05) is 42.7 Å². The summed E-state index contributed by atoms with van der Waals surface area (Å²) in [5.74, 6) is -1.11. The van der Waals surface area contributed by atoms with E-state index in [0.29, 0.717) is 24.3 Å². The number of carbonyl (C=O) groups is 2. The molecule has 7 nitrogen and oxygen atoms in total. The van der Waals surface area contributed by atoms with Gasteiger partial charge in [-0.1, -0.05) is 26.0 Å². The van der Waals surface area contributed by atoms with Gasteiger partial charge in [0.15, 0.2) is 0 Å². The molecule has 1 aromatic rings. The Kier molecular flexibility index (Phi) is 4.71. The SMILES string of the molecule is CN1CC2(C)CN(C(=O)c3ccccc3NCC(=O)O)CC(C)(C1)C2O. The van der Waals surface area contributed by atoms with Gasteiger partial charge in [0.25, 0.3) is 5.91 Å². The summed E-state index contributed by atoms with van der Waals surface area (Å²) in [6, 6.07) is 6.97. The molecule has 26 heavy (non-hydrogen) atoms. The molecule has 2 bridgehead atoms. The molecule has 0 aliphatic carbocycles. The average Bonchev–Trinajstić information content (AvgIpc) is 2.55. The first-order valence-electron chi connectivity index (χ1n) is 8.85. The van der Waals surface area contributed by atoms with Crippen LogP contribution in [0.3, 0.4) is 0 Å². The summed E-state index contributed by atoms with van der Waals surface area (Å²) in [6.45, 7) is 6.21. The number of carbonyl (C=O) groups excluding carboxylic acids is 1. The van der Waals surface area contributed by atoms with Crippen LogP contribution in [0.1, 0.15) is 24.2 Å². The van der Waals surface area contributed by atoms with Crippen LogP contribution >= 0.6 is 0 Å². The Morgan fingerprint density at radius 2 is 1.73 bits per heavy atom. The number of aliphatic hydroxyl groups excluding tert-OH is 1. The van der Waals surface area contributed by atoms with Crippen molar-refractivity contribution in [3.63, 3.8) is 0 Å². The summed E-state index contributed by atoms with van der Waals surface area (Å²) in [5.41, 5.74) is 0.199. The zero-order valence-electron chi connectivity index (χ0n) is 15.5. The topological polar surface area (TPSA) is 93.1 Å². The van der Waals surface area contributed by atoms with Gasteiger partial charge in [-0.2, -0.15) is 0 Å². The molecular weight excluding hydrogens is 334 g/mol. The number of nitrogens with one attached hydrogen (secondary N) is 1. The van der Waals surface area contributed by atoms with E-state index in [9.17, 15) is 14.7 Å². The normalized spacial score (nSPS) is 31.5. The molecule has 7 heteroatoms. The van der Waals surface area contributed by atoms with E-state index in [2.05, 4.69) is 10.2 Å². The predicted octanol–water partition coefficient (Wildman–Crippen LogP) is 0.958. The molecule has 2 unspecified atom stereocenters. The van der Waals surface area contributed by atoms with E-state index in [1.54, 1.807) is 29.2 Å². The summed E-state index contributed by atoms with van der Waals surface area (Å²) in [7, 11) is 2.05. The monoisotopic (exact) mass is 361 g/mol. The Morgan fingerprint density at radius 3 is 2.31 bits per heavy atom. The largest absolute Gasteiger partial charge is 0.480 e. The van der Waals surface area contributed by atoms with Crippen molar-refractivity contribution in [2.45, 2.75) is 20.0 Å². The maximum atomic E-state index is 13.2. The minimum absolute atomic E-state index is 0.132. The van der Waals surface area contributed by atoms with E-state index in [1.165, 1.54) is 0 Å². The summed E-state index contributed by atoms with van der Waals surface area (Å²) in [6.07, 6.45) is -0.462. The number of carboxylic acids is 1. The number of anilines is 1. The van der Waals surface area contributed by atoms with Gasteiger partial charge in [-0.05, 0) is 19.2 Å². The summed E-state index contributed by atoms with van der Waals surface area (Å²) < 4.78 is 0. The van der Waals surface area contributed by atoms with Crippen LogP contribution in [-0.4, -0.2) is 77.8 Å². The zero-order valence-corrected chi connectivity index (χ0v) is 15.5. The zero-order chi connectivity index (χ0) is 19.1. The van der Waals surface area contributed by atoms with Gasteiger partial charge < -0.3 is 25.3 Å². The molecule has 2 atom stereocenters. The van der Waals surface area contributed by atoms with Crippen molar-refractivity contribution < 1.29 is 19.8 Å². The predicted molar refractivity (Wildman–Crippen MR) is 98.2 cm³/mol. The second-order valence-corrected chi connectivity index (χ2v) is 8.34. The van der Waals surface area contributed by atoms with Gasteiger partial charge in [0.1, 0.15) is 6.54 Å². The lowest BCUT2D eigenvalue weighted by Crippen LogP contribution is -2.70. The van der Waals surface area contributed by atoms with Gasteiger partial charge >= 0.3 is 5.97 Å². The van der Waals surface area contributed by atoms with Crippen LogP contribution in [-0.2, 0) is 4.79 Å². The van der Waals surface area contributed by atoms with Crippen molar-refractivity contribution in [1.82, 2.24) is 9.80 Å². The number of rotatable bonds is 4. The molecule has 3 rings (SSSR count). The van der Waals surface area contributed by atoms with Crippen LogP contribution in [0.5, 0.6) is 0 Å². The lowest BCUT2D eigenvalue weighted by Gasteiger charge is -2.59. The van der Waals surface area contributed by atoms with Crippen molar-refractivity contribution in [3.05, 3.63) is 29.8 Å². The maximum Gasteiger partial charge on any atom is 0.322 e. The highest BCUT2D eigenvalue weighted by molar-refractivity contribution is 6.00. The Hall–Kier alpha value is -2.12. The summed E-state index contributed by atoms with van der Waals surface area (Å²) in [5, 5.41) is 22.6. The third-order valence-electron chi connectivity index (χ3n) is 5.56. The molecule has 0 radical (unpaired) electrons. The molecule has 1 amide bonds. The quantitative estimate of drug-likeness (QED) is 0.740. The van der Waals surface area contributed by atoms with E-state index in [0.717, 1.165) is 13.1 Å². The Labute approximate surface area is 153 Å². The molecule has 0 spiro atoms. The van der Waals surface area contributed by atoms with Gasteiger partial charge in [0.2, 0.25) is 0 Å². The number of hydrogen-bond acceptors (Lipinski definition) is 5. The Bertz CT molecular complexity index is 702. The molecule has 2 saturated heterocycles. The highest BCUT2D eigenvalue weighted by atomic mass is 16.4. The first-order valence-corrected chi connectivity index (χ1v) is 8.85. The maximum absolute atomic E-state index is 13.2. The number of aliphatic carboxylic acids is 1. The molecule has 2 heterocycles. The number of benzene rings is 1. The first-order chi connectivity index (χ1) is 12.1. The number of carboxylic acid groups (broad SMARTS) is 1. The van der Waals surface area contributed by atoms with Gasteiger partial charge in [-0.15, -0.1) is 0 Å². The van der Waals surface area contributed by atoms with Crippen molar-refractivity contribution in [2.24, 2.45) is 10.8 Å². The molecule has 2 aliphatic heterocycles. The number of likely N-dealkylation sites (tertiary alicyclic amines) is 2. The molecule has 0 saturated carbocycles. The van der Waals surface area contributed by atoms with Gasteiger partial charge in [0.05, 0.1) is 11.7 Å². The molecule has 2 fully saturated rings. The number of fused-ring (bicyclic) bond motifs is 2. The molecule has 0 aromatic heterocycles. The molecule has 1 aromatic carbocycles. The Morgan fingerprint density at radius 1 is 1.15 bits per heavy atom. The minimum atomic E-state index is -0.981. The minimum Gasteiger partial charge on any atom is -0.480 e. The van der Waals surface area contributed by atoms with Crippen molar-refractivity contribution in [3.8, 4) is 0 Å². The number of aliphatic hydroxyl groups is 1. The third kappa shape index (κ3) is 3.29. The molecular formula is C19H27N3O4. The standard InChI is InChI=1S/C19H27N3O4/c1-18-9-21(3)10-19(2,17(18)26)12-22(11-18)16(25)13-6-4-5-7-14(13)20-8-15(23)24/h4-7,17,20,26H,8-12H2,1-3H3,(H,23,24).